The Labute approximate surface area is 319 Å². The molecule has 1 heteroatoms. The summed E-state index contributed by atoms with van der Waals surface area (Å²) in [4.78, 5) is 0. The molecule has 9 aromatic rings. The Morgan fingerprint density at radius 2 is 0.673 bits per heavy atom. The van der Waals surface area contributed by atoms with Crippen molar-refractivity contribution in [1.29, 1.82) is 0 Å². The zero-order valence-corrected chi connectivity index (χ0v) is 29.9. The van der Waals surface area contributed by atoms with E-state index in [1.807, 2.05) is 0 Å². The Hall–Kier alpha value is -6.96. The van der Waals surface area contributed by atoms with Crippen LogP contribution in [-0.2, 0) is 10.8 Å². The monoisotopic (exact) mass is 696 g/mol. The van der Waals surface area contributed by atoms with E-state index in [4.69, 9.17) is 4.74 Å². The fourth-order valence-electron chi connectivity index (χ4n) is 11.3. The molecule has 3 aliphatic carbocycles. The summed E-state index contributed by atoms with van der Waals surface area (Å²) in [7, 11) is 0. The molecule has 1 unspecified atom stereocenters. The van der Waals surface area contributed by atoms with Crippen molar-refractivity contribution < 1.29 is 4.74 Å². The maximum atomic E-state index is 7.28. The van der Waals surface area contributed by atoms with Crippen LogP contribution in [0.15, 0.2) is 194 Å². The third kappa shape index (κ3) is 3.38. The van der Waals surface area contributed by atoms with Gasteiger partial charge in [0.2, 0.25) is 0 Å². The van der Waals surface area contributed by atoms with E-state index in [-0.39, 0.29) is 0 Å². The average molecular weight is 697 g/mol. The second-order valence-corrected chi connectivity index (χ2v) is 15.4. The van der Waals surface area contributed by atoms with Crippen LogP contribution >= 0.6 is 0 Å². The van der Waals surface area contributed by atoms with E-state index in [1.54, 1.807) is 0 Å². The Morgan fingerprint density at radius 3 is 1.35 bits per heavy atom. The van der Waals surface area contributed by atoms with Crippen molar-refractivity contribution in [2.24, 2.45) is 0 Å². The van der Waals surface area contributed by atoms with Crippen LogP contribution in [0.1, 0.15) is 44.5 Å². The van der Waals surface area contributed by atoms with Crippen LogP contribution in [0.25, 0.3) is 55.3 Å². The molecule has 9 aromatic carbocycles. The number of fused-ring (bicyclic) bond motifs is 18. The molecule has 0 bridgehead atoms. The highest BCUT2D eigenvalue weighted by Crippen LogP contribution is 2.66. The molecule has 55 heavy (non-hydrogen) atoms. The molecule has 4 aliphatic rings. The van der Waals surface area contributed by atoms with Gasteiger partial charge in [0.15, 0.2) is 0 Å². The molecule has 1 aliphatic heterocycles. The highest BCUT2D eigenvalue weighted by Gasteiger charge is 2.54. The molecular weight excluding hydrogens is 665 g/mol. The van der Waals surface area contributed by atoms with Gasteiger partial charge in [0.05, 0.1) is 10.8 Å². The van der Waals surface area contributed by atoms with Crippen molar-refractivity contribution >= 4 is 10.8 Å². The van der Waals surface area contributed by atoms with E-state index < -0.39 is 10.8 Å². The number of rotatable bonds is 1. The van der Waals surface area contributed by atoms with Crippen LogP contribution in [0, 0.1) is 0 Å². The molecule has 254 valence electrons. The summed E-state index contributed by atoms with van der Waals surface area (Å²) in [5, 5.41) is 2.60. The standard InChI is InChI=1S/C54H32O/c1-5-25-42-34(17-1)35-18-2-6-26-43(35)53(42)46-29-9-10-32-49(46)55-52-41(24-14-31-48(52)53)40-23-13-22-39-37-20-4-8-28-45(37)54(51(39)40)44-27-7-3-19-36(44)38-21-11-15-33-16-12-30-47(54)50(33)38/h1-32H. The summed E-state index contributed by atoms with van der Waals surface area (Å²) < 4.78 is 7.28. The summed E-state index contributed by atoms with van der Waals surface area (Å²) in [6, 6.07) is 72.4. The van der Waals surface area contributed by atoms with Gasteiger partial charge in [-0.1, -0.05) is 188 Å². The van der Waals surface area contributed by atoms with E-state index in [9.17, 15) is 0 Å². The van der Waals surface area contributed by atoms with E-state index in [1.165, 1.54) is 94.2 Å². The Balaban J connectivity index is 1.18. The molecule has 1 nitrogen and oxygen atoms in total. The quantitative estimate of drug-likeness (QED) is 0.166. The van der Waals surface area contributed by atoms with Crippen LogP contribution in [0.3, 0.4) is 0 Å². The van der Waals surface area contributed by atoms with Gasteiger partial charge in [0.25, 0.3) is 0 Å². The predicted octanol–water partition coefficient (Wildman–Crippen LogP) is 13.3. The lowest BCUT2D eigenvalue weighted by Crippen LogP contribution is -2.33. The molecule has 0 N–H and O–H groups in total. The van der Waals surface area contributed by atoms with Gasteiger partial charge in [0.1, 0.15) is 11.5 Å². The molecule has 13 rings (SSSR count). The van der Waals surface area contributed by atoms with Crippen LogP contribution in [0.4, 0.5) is 0 Å². The van der Waals surface area contributed by atoms with Crippen LogP contribution in [-0.4, -0.2) is 0 Å². The van der Waals surface area contributed by atoms with Crippen molar-refractivity contribution in [3.63, 3.8) is 0 Å². The Bertz CT molecular complexity index is 3100. The van der Waals surface area contributed by atoms with Crippen molar-refractivity contribution in [3.05, 3.63) is 239 Å². The maximum Gasteiger partial charge on any atom is 0.140 e. The fraction of sp³-hybridized carbons (Fsp3) is 0.0370. The normalized spacial score (nSPS) is 16.7. The third-order valence-corrected chi connectivity index (χ3v) is 13.2. The molecule has 0 saturated heterocycles. The summed E-state index contributed by atoms with van der Waals surface area (Å²) >= 11 is 0. The first-order valence-electron chi connectivity index (χ1n) is 19.3. The lowest BCUT2D eigenvalue weighted by Gasteiger charge is -2.42. The Morgan fingerprint density at radius 1 is 0.273 bits per heavy atom. The number of para-hydroxylation sites is 2. The van der Waals surface area contributed by atoms with Gasteiger partial charge >= 0.3 is 0 Å². The first-order valence-corrected chi connectivity index (χ1v) is 19.3. The summed E-state index contributed by atoms with van der Waals surface area (Å²) in [5.41, 5.74) is 19.2. The molecule has 0 fully saturated rings. The minimum Gasteiger partial charge on any atom is -0.456 e. The van der Waals surface area contributed by atoms with E-state index in [2.05, 4.69) is 194 Å². The van der Waals surface area contributed by atoms with Gasteiger partial charge in [-0.2, -0.15) is 0 Å². The molecule has 2 spiro atoms. The highest BCUT2D eigenvalue weighted by atomic mass is 16.5. The van der Waals surface area contributed by atoms with E-state index in [0.717, 1.165) is 17.1 Å². The average Bonchev–Trinajstić information content (AvgIpc) is 3.72. The summed E-state index contributed by atoms with van der Waals surface area (Å²) in [6.45, 7) is 0. The van der Waals surface area contributed by atoms with Gasteiger partial charge in [-0.3, -0.25) is 0 Å². The lowest BCUT2D eigenvalue weighted by molar-refractivity contribution is 0.438. The minimum absolute atomic E-state index is 0.534. The molecule has 1 atom stereocenters. The number of hydrogen-bond donors (Lipinski definition) is 0. The van der Waals surface area contributed by atoms with Gasteiger partial charge in [-0.25, -0.2) is 0 Å². The van der Waals surface area contributed by atoms with Crippen LogP contribution < -0.4 is 4.74 Å². The smallest absolute Gasteiger partial charge is 0.140 e. The number of hydrogen-bond acceptors (Lipinski definition) is 1. The molecule has 0 aromatic heterocycles. The molecule has 0 amide bonds. The SMILES string of the molecule is c1ccc2c(c1)Oc1c(-c3cccc4c3C3(c5ccccc5-4)c4ccccc4-c4cccc5cccc3c45)cccc1C21c2ccccc2-c2ccccc21. The van der Waals surface area contributed by atoms with Gasteiger partial charge < -0.3 is 4.74 Å². The fourth-order valence-corrected chi connectivity index (χ4v) is 11.3. The van der Waals surface area contributed by atoms with Crippen LogP contribution in [0.5, 0.6) is 11.5 Å². The van der Waals surface area contributed by atoms with Crippen molar-refractivity contribution in [2.75, 3.05) is 0 Å². The topological polar surface area (TPSA) is 9.23 Å². The van der Waals surface area contributed by atoms with Gasteiger partial charge in [-0.15, -0.1) is 0 Å². The van der Waals surface area contributed by atoms with E-state index >= 15 is 0 Å². The van der Waals surface area contributed by atoms with Crippen LogP contribution in [0.2, 0.25) is 0 Å². The maximum absolute atomic E-state index is 7.28. The second kappa shape index (κ2) is 10.4. The van der Waals surface area contributed by atoms with Crippen molar-refractivity contribution in [2.45, 2.75) is 10.8 Å². The molecular formula is C54H32O. The summed E-state index contributed by atoms with van der Waals surface area (Å²) in [6.07, 6.45) is 0. The second-order valence-electron chi connectivity index (χ2n) is 15.4. The number of benzene rings is 9. The third-order valence-electron chi connectivity index (χ3n) is 13.2. The van der Waals surface area contributed by atoms with Gasteiger partial charge in [-0.05, 0) is 89.2 Å². The molecule has 0 radical (unpaired) electrons. The minimum atomic E-state index is -0.549. The number of ether oxygens (including phenoxy) is 1. The zero-order valence-electron chi connectivity index (χ0n) is 29.9. The predicted molar refractivity (Wildman–Crippen MR) is 223 cm³/mol. The van der Waals surface area contributed by atoms with Crippen molar-refractivity contribution in [3.8, 4) is 56.0 Å². The molecule has 1 heterocycles. The van der Waals surface area contributed by atoms with E-state index in [0.29, 0.717) is 0 Å². The summed E-state index contributed by atoms with van der Waals surface area (Å²) in [5.74, 6) is 1.83. The lowest BCUT2D eigenvalue weighted by atomic mass is 9.60. The largest absolute Gasteiger partial charge is 0.456 e. The molecule has 0 saturated carbocycles. The van der Waals surface area contributed by atoms with Crippen molar-refractivity contribution in [1.82, 2.24) is 0 Å². The first kappa shape index (κ1) is 29.5. The van der Waals surface area contributed by atoms with Gasteiger partial charge in [0, 0.05) is 16.7 Å². The Kier molecular flexibility index (Phi) is 5.56. The zero-order chi connectivity index (χ0) is 35.9. The highest BCUT2D eigenvalue weighted by molar-refractivity contribution is 6.08. The first-order chi connectivity index (χ1) is 27.3.